The van der Waals surface area contributed by atoms with Gasteiger partial charge < -0.3 is 5.73 Å². The van der Waals surface area contributed by atoms with Crippen molar-refractivity contribution in [3.05, 3.63) is 34.3 Å². The topological polar surface area (TPSA) is 26.0 Å². The molecule has 1 aromatic rings. The predicted molar refractivity (Wildman–Crippen MR) is 58.0 cm³/mol. The Kier molecular flexibility index (Phi) is 3.34. The smallest absolute Gasteiger partial charge is 0.0456 e. The molecule has 2 N–H and O–H groups in total. The van der Waals surface area contributed by atoms with Crippen molar-refractivity contribution in [3.8, 4) is 0 Å². The lowest BCUT2D eigenvalue weighted by molar-refractivity contribution is 0.514. The van der Waals surface area contributed by atoms with E-state index in [1.165, 1.54) is 5.56 Å². The summed E-state index contributed by atoms with van der Waals surface area (Å²) in [6.45, 7) is 6.22. The minimum absolute atomic E-state index is 0.0353. The van der Waals surface area contributed by atoms with Crippen LogP contribution < -0.4 is 5.73 Å². The molecule has 1 aromatic carbocycles. The molecule has 0 saturated heterocycles. The van der Waals surface area contributed by atoms with E-state index >= 15 is 0 Å². The summed E-state index contributed by atoms with van der Waals surface area (Å²) in [5.41, 5.74) is 8.22. The average molecular weight is 198 g/mol. The zero-order chi connectivity index (χ0) is 10.0. The van der Waals surface area contributed by atoms with Gasteiger partial charge in [0.05, 0.1) is 0 Å². The number of aryl methyl sites for hydroxylation is 1. The maximum Gasteiger partial charge on any atom is 0.0456 e. The molecule has 0 bridgehead atoms. The van der Waals surface area contributed by atoms with E-state index in [2.05, 4.69) is 13.8 Å². The first-order valence-electron chi connectivity index (χ1n) is 4.54. The van der Waals surface area contributed by atoms with Gasteiger partial charge in [-0.2, -0.15) is 0 Å². The Labute approximate surface area is 84.9 Å². The maximum absolute atomic E-state index is 6.09. The lowest BCUT2D eigenvalue weighted by Gasteiger charge is -2.17. The molecule has 1 atom stereocenters. The van der Waals surface area contributed by atoms with Crippen molar-refractivity contribution >= 4 is 11.6 Å². The van der Waals surface area contributed by atoms with Crippen LogP contribution in [0.3, 0.4) is 0 Å². The van der Waals surface area contributed by atoms with Crippen LogP contribution in [0.25, 0.3) is 0 Å². The highest BCUT2D eigenvalue weighted by Crippen LogP contribution is 2.26. The molecule has 0 aliphatic rings. The highest BCUT2D eigenvalue weighted by Gasteiger charge is 2.13. The molecule has 1 rings (SSSR count). The standard InChI is InChI=1S/C11H16ClN/c1-7(2)11(13)9-5-4-8(3)6-10(9)12/h4-7,11H,13H2,1-3H3/t11-/m0/s1. The second-order valence-electron chi connectivity index (χ2n) is 3.79. The summed E-state index contributed by atoms with van der Waals surface area (Å²) in [5.74, 6) is 0.417. The second-order valence-corrected chi connectivity index (χ2v) is 4.20. The molecule has 0 radical (unpaired) electrons. The Hall–Kier alpha value is -0.530. The normalized spacial score (nSPS) is 13.4. The van der Waals surface area contributed by atoms with E-state index in [9.17, 15) is 0 Å². The molecular weight excluding hydrogens is 182 g/mol. The van der Waals surface area contributed by atoms with Crippen molar-refractivity contribution in [1.29, 1.82) is 0 Å². The van der Waals surface area contributed by atoms with Crippen molar-refractivity contribution < 1.29 is 0 Å². The van der Waals surface area contributed by atoms with Crippen LogP contribution in [0.5, 0.6) is 0 Å². The summed E-state index contributed by atoms with van der Waals surface area (Å²) in [5, 5.41) is 0.779. The molecule has 0 aliphatic heterocycles. The third kappa shape index (κ3) is 2.45. The average Bonchev–Trinajstić information content (AvgIpc) is 2.03. The highest BCUT2D eigenvalue weighted by atomic mass is 35.5. The van der Waals surface area contributed by atoms with E-state index in [1.807, 2.05) is 25.1 Å². The first kappa shape index (κ1) is 10.6. The number of hydrogen-bond acceptors (Lipinski definition) is 1. The molecule has 0 aromatic heterocycles. The van der Waals surface area contributed by atoms with Crippen molar-refractivity contribution in [2.45, 2.75) is 26.8 Å². The summed E-state index contributed by atoms with van der Waals surface area (Å²) in [7, 11) is 0. The molecule has 0 unspecified atom stereocenters. The summed E-state index contributed by atoms with van der Waals surface area (Å²) < 4.78 is 0. The van der Waals surface area contributed by atoms with Crippen molar-refractivity contribution in [3.63, 3.8) is 0 Å². The van der Waals surface area contributed by atoms with E-state index < -0.39 is 0 Å². The van der Waals surface area contributed by atoms with E-state index in [1.54, 1.807) is 0 Å². The summed E-state index contributed by atoms with van der Waals surface area (Å²) in [4.78, 5) is 0. The third-order valence-corrected chi connectivity index (χ3v) is 2.56. The van der Waals surface area contributed by atoms with E-state index in [4.69, 9.17) is 17.3 Å². The van der Waals surface area contributed by atoms with Crippen molar-refractivity contribution in [2.75, 3.05) is 0 Å². The number of nitrogens with two attached hydrogens (primary N) is 1. The lowest BCUT2D eigenvalue weighted by Crippen LogP contribution is -2.17. The largest absolute Gasteiger partial charge is 0.324 e. The fourth-order valence-electron chi connectivity index (χ4n) is 1.26. The van der Waals surface area contributed by atoms with Gasteiger partial charge in [0.2, 0.25) is 0 Å². The number of hydrogen-bond donors (Lipinski definition) is 1. The van der Waals surface area contributed by atoms with Gasteiger partial charge in [0, 0.05) is 11.1 Å². The Morgan fingerprint density at radius 3 is 2.38 bits per heavy atom. The van der Waals surface area contributed by atoms with E-state index in [-0.39, 0.29) is 6.04 Å². The second kappa shape index (κ2) is 4.12. The predicted octanol–water partition coefficient (Wildman–Crippen LogP) is 3.30. The lowest BCUT2D eigenvalue weighted by atomic mass is 9.96. The SMILES string of the molecule is Cc1ccc([C@@H](N)C(C)C)c(Cl)c1. The quantitative estimate of drug-likeness (QED) is 0.774. The Morgan fingerprint density at radius 2 is 1.92 bits per heavy atom. The summed E-state index contributed by atoms with van der Waals surface area (Å²) in [6.07, 6.45) is 0. The first-order valence-corrected chi connectivity index (χ1v) is 4.92. The van der Waals surface area contributed by atoms with Gasteiger partial charge in [-0.3, -0.25) is 0 Å². The summed E-state index contributed by atoms with van der Waals surface area (Å²) in [6, 6.07) is 6.05. The highest BCUT2D eigenvalue weighted by molar-refractivity contribution is 6.31. The fourth-order valence-corrected chi connectivity index (χ4v) is 1.62. The van der Waals surface area contributed by atoms with Crippen LogP contribution in [0.15, 0.2) is 18.2 Å². The maximum atomic E-state index is 6.09. The van der Waals surface area contributed by atoms with E-state index in [0.717, 1.165) is 10.6 Å². The first-order chi connectivity index (χ1) is 6.02. The van der Waals surface area contributed by atoms with Gasteiger partial charge in [-0.25, -0.2) is 0 Å². The number of benzene rings is 1. The van der Waals surface area contributed by atoms with Crippen LogP contribution in [0, 0.1) is 12.8 Å². The molecule has 72 valence electrons. The van der Waals surface area contributed by atoms with Gasteiger partial charge in [-0.15, -0.1) is 0 Å². The van der Waals surface area contributed by atoms with Gasteiger partial charge in [0.1, 0.15) is 0 Å². The van der Waals surface area contributed by atoms with Crippen LogP contribution in [-0.2, 0) is 0 Å². The van der Waals surface area contributed by atoms with Crippen LogP contribution in [0.4, 0.5) is 0 Å². The Morgan fingerprint density at radius 1 is 1.31 bits per heavy atom. The van der Waals surface area contributed by atoms with Gasteiger partial charge in [-0.05, 0) is 30.0 Å². The van der Waals surface area contributed by atoms with Crippen molar-refractivity contribution in [1.82, 2.24) is 0 Å². The van der Waals surface area contributed by atoms with Crippen molar-refractivity contribution in [2.24, 2.45) is 11.7 Å². The van der Waals surface area contributed by atoms with Gasteiger partial charge in [0.15, 0.2) is 0 Å². The Bertz CT molecular complexity index is 294. The molecule has 2 heteroatoms. The Balaban J connectivity index is 3.01. The molecule has 0 amide bonds. The summed E-state index contributed by atoms with van der Waals surface area (Å²) >= 11 is 6.09. The van der Waals surface area contributed by atoms with E-state index in [0.29, 0.717) is 5.92 Å². The third-order valence-electron chi connectivity index (χ3n) is 2.23. The molecule has 1 nitrogen and oxygen atoms in total. The minimum Gasteiger partial charge on any atom is -0.324 e. The molecule has 0 saturated carbocycles. The zero-order valence-electron chi connectivity index (χ0n) is 8.34. The molecule has 0 spiro atoms. The van der Waals surface area contributed by atoms with Crippen LogP contribution in [0.1, 0.15) is 31.0 Å². The van der Waals surface area contributed by atoms with Crippen LogP contribution in [-0.4, -0.2) is 0 Å². The van der Waals surface area contributed by atoms with Gasteiger partial charge in [0.25, 0.3) is 0 Å². The minimum atomic E-state index is 0.0353. The van der Waals surface area contributed by atoms with Crippen LogP contribution in [0.2, 0.25) is 5.02 Å². The molecule has 0 heterocycles. The zero-order valence-corrected chi connectivity index (χ0v) is 9.10. The fraction of sp³-hybridized carbons (Fsp3) is 0.455. The number of rotatable bonds is 2. The van der Waals surface area contributed by atoms with Gasteiger partial charge in [-0.1, -0.05) is 37.6 Å². The monoisotopic (exact) mass is 197 g/mol. The number of halogens is 1. The molecule has 13 heavy (non-hydrogen) atoms. The molecule has 0 aliphatic carbocycles. The van der Waals surface area contributed by atoms with Crippen LogP contribution >= 0.6 is 11.6 Å². The van der Waals surface area contributed by atoms with Gasteiger partial charge >= 0.3 is 0 Å². The molecular formula is C11H16ClN. The molecule has 0 fully saturated rings.